The van der Waals surface area contributed by atoms with Crippen LogP contribution in [-0.4, -0.2) is 16.1 Å². The van der Waals surface area contributed by atoms with Crippen molar-refractivity contribution in [3.63, 3.8) is 0 Å². The van der Waals surface area contributed by atoms with E-state index < -0.39 is 68.5 Å². The number of halogens is 9. The van der Waals surface area contributed by atoms with Gasteiger partial charge in [0.05, 0.1) is 27.8 Å². The summed E-state index contributed by atoms with van der Waals surface area (Å²) in [7, 11) is 0. The summed E-state index contributed by atoms with van der Waals surface area (Å²) in [6.45, 7) is 0. The van der Waals surface area contributed by atoms with E-state index in [1.165, 1.54) is 12.1 Å². The molecule has 0 spiro atoms. The molecule has 3 aromatic rings. The van der Waals surface area contributed by atoms with Gasteiger partial charge in [-0.1, -0.05) is 17.7 Å². The van der Waals surface area contributed by atoms with Crippen molar-refractivity contribution in [2.75, 3.05) is 16.4 Å². The number of nitrogen functional groups attached to an aromatic ring is 1. The van der Waals surface area contributed by atoms with E-state index in [0.717, 1.165) is 24.3 Å². The fraction of sp³-hybridized carbons (Fsp3) is 0.167. The third kappa shape index (κ3) is 5.23. The second kappa shape index (κ2) is 9.87. The lowest BCUT2D eigenvalue weighted by atomic mass is 10.0. The van der Waals surface area contributed by atoms with Gasteiger partial charge in [0.2, 0.25) is 5.91 Å². The zero-order valence-electron chi connectivity index (χ0n) is 18.6. The Balaban J connectivity index is 1.53. The van der Waals surface area contributed by atoms with Gasteiger partial charge >= 0.3 is 6.18 Å². The maximum atomic E-state index is 14.2. The highest BCUT2D eigenvalue weighted by Gasteiger charge is 2.67. The quantitative estimate of drug-likeness (QED) is 0.166. The van der Waals surface area contributed by atoms with Crippen LogP contribution in [0.3, 0.4) is 0 Å². The number of hydrogen-bond acceptors (Lipinski definition) is 3. The minimum Gasteiger partial charge on any atom is -0.394 e. The topological polar surface area (TPSA) is 84.2 Å². The SMILES string of the molecule is Nc1c(F)ccc(NC(=O)c2cc(NC(=O)[C@H]3[C@H](c4ccc(F)c(C(F)(F)F)c4)C3(Cl)Cl)ccc2Cl)c1F. The van der Waals surface area contributed by atoms with Gasteiger partial charge in [0.1, 0.15) is 21.7 Å². The zero-order valence-corrected chi connectivity index (χ0v) is 20.8. The van der Waals surface area contributed by atoms with Gasteiger partial charge in [-0.05, 0) is 48.0 Å². The van der Waals surface area contributed by atoms with Crippen molar-refractivity contribution in [2.45, 2.75) is 16.4 Å². The highest BCUT2D eigenvalue weighted by atomic mass is 35.5. The Bertz CT molecular complexity index is 1470. The molecule has 1 fully saturated rings. The molecule has 3 aromatic carbocycles. The molecule has 1 aliphatic carbocycles. The fourth-order valence-electron chi connectivity index (χ4n) is 3.87. The lowest BCUT2D eigenvalue weighted by Gasteiger charge is -2.12. The molecule has 0 saturated heterocycles. The van der Waals surface area contributed by atoms with Gasteiger partial charge in [0.25, 0.3) is 5.91 Å². The van der Waals surface area contributed by atoms with Gasteiger partial charge in [0.15, 0.2) is 5.82 Å². The number of rotatable bonds is 5. The van der Waals surface area contributed by atoms with Gasteiger partial charge in [-0.25, -0.2) is 13.2 Å². The van der Waals surface area contributed by atoms with E-state index in [1.54, 1.807) is 0 Å². The first-order valence-electron chi connectivity index (χ1n) is 10.5. The Kier molecular flexibility index (Phi) is 7.24. The largest absolute Gasteiger partial charge is 0.419 e. The molecule has 38 heavy (non-hydrogen) atoms. The van der Waals surface area contributed by atoms with Crippen molar-refractivity contribution in [1.82, 2.24) is 0 Å². The minimum atomic E-state index is -4.98. The standard InChI is InChI=1S/C24H14Cl3F6N3O2/c25-13-3-2-10(8-11(13)21(37)36-16-6-5-15(29)20(34)19(16)30)35-22(38)18-17(23(18,26)27)9-1-4-14(28)12(7-9)24(31,32)33/h1-8,17-18H,34H2,(H,35,38)(H,36,37)/t17-,18+/m0/s1. The van der Waals surface area contributed by atoms with Crippen molar-refractivity contribution in [3.8, 4) is 0 Å². The third-order valence-electron chi connectivity index (χ3n) is 5.84. The molecule has 1 saturated carbocycles. The van der Waals surface area contributed by atoms with Crippen molar-refractivity contribution in [1.29, 1.82) is 0 Å². The molecule has 0 aliphatic heterocycles. The van der Waals surface area contributed by atoms with Crippen LogP contribution in [0.15, 0.2) is 48.5 Å². The van der Waals surface area contributed by atoms with Gasteiger partial charge in [-0.2, -0.15) is 13.2 Å². The Morgan fingerprint density at radius 2 is 1.58 bits per heavy atom. The molecule has 5 nitrogen and oxygen atoms in total. The van der Waals surface area contributed by atoms with Crippen LogP contribution in [0.2, 0.25) is 5.02 Å². The zero-order chi connectivity index (χ0) is 28.2. The Labute approximate surface area is 225 Å². The summed E-state index contributed by atoms with van der Waals surface area (Å²) in [5.41, 5.74) is 2.24. The molecule has 4 rings (SSSR count). The van der Waals surface area contributed by atoms with Crippen LogP contribution in [0.1, 0.15) is 27.4 Å². The molecular weight excluding hydrogens is 583 g/mol. The Hall–Kier alpha value is -3.15. The molecule has 0 heterocycles. The van der Waals surface area contributed by atoms with Crippen LogP contribution in [0.25, 0.3) is 0 Å². The summed E-state index contributed by atoms with van der Waals surface area (Å²) in [6.07, 6.45) is -4.98. The Morgan fingerprint density at radius 1 is 0.921 bits per heavy atom. The van der Waals surface area contributed by atoms with Crippen molar-refractivity contribution in [3.05, 3.63) is 87.7 Å². The molecule has 2 atom stereocenters. The third-order valence-corrected chi connectivity index (χ3v) is 7.11. The van der Waals surface area contributed by atoms with Gasteiger partial charge in [-0.3, -0.25) is 9.59 Å². The molecule has 0 radical (unpaired) electrons. The molecule has 14 heteroatoms. The summed E-state index contributed by atoms with van der Waals surface area (Å²) in [4.78, 5) is 25.6. The van der Waals surface area contributed by atoms with Crippen molar-refractivity contribution >= 4 is 63.7 Å². The highest BCUT2D eigenvalue weighted by molar-refractivity contribution is 6.53. The van der Waals surface area contributed by atoms with E-state index in [-0.39, 0.29) is 21.8 Å². The van der Waals surface area contributed by atoms with Gasteiger partial charge in [0, 0.05) is 11.6 Å². The number of carbonyl (C=O) groups is 2. The number of alkyl halides is 5. The number of benzene rings is 3. The minimum absolute atomic E-state index is 0.0218. The van der Waals surface area contributed by atoms with E-state index in [2.05, 4.69) is 10.6 Å². The first kappa shape index (κ1) is 27.9. The monoisotopic (exact) mass is 595 g/mol. The van der Waals surface area contributed by atoms with E-state index in [4.69, 9.17) is 40.5 Å². The van der Waals surface area contributed by atoms with E-state index in [0.29, 0.717) is 12.1 Å². The predicted molar refractivity (Wildman–Crippen MR) is 131 cm³/mol. The summed E-state index contributed by atoms with van der Waals surface area (Å²) in [5.74, 6) is -7.75. The number of carbonyl (C=O) groups excluding carboxylic acids is 2. The Morgan fingerprint density at radius 3 is 2.24 bits per heavy atom. The number of nitrogens with one attached hydrogen (secondary N) is 2. The lowest BCUT2D eigenvalue weighted by Crippen LogP contribution is -2.18. The van der Waals surface area contributed by atoms with Crippen LogP contribution >= 0.6 is 34.8 Å². The van der Waals surface area contributed by atoms with Crippen molar-refractivity contribution in [2.24, 2.45) is 5.92 Å². The molecule has 200 valence electrons. The lowest BCUT2D eigenvalue weighted by molar-refractivity contribution is -0.140. The average Bonchev–Trinajstić information content (AvgIpc) is 3.42. The summed E-state index contributed by atoms with van der Waals surface area (Å²) >= 11 is 18.4. The van der Waals surface area contributed by atoms with Crippen LogP contribution in [-0.2, 0) is 11.0 Å². The first-order chi connectivity index (χ1) is 17.6. The summed E-state index contributed by atoms with van der Waals surface area (Å²) in [6, 6.07) is 7.70. The average molecular weight is 597 g/mol. The smallest absolute Gasteiger partial charge is 0.394 e. The molecule has 2 amide bonds. The highest BCUT2D eigenvalue weighted by Crippen LogP contribution is 2.65. The summed E-state index contributed by atoms with van der Waals surface area (Å²) in [5, 5.41) is 4.55. The second-order valence-corrected chi connectivity index (χ2v) is 10.2. The number of hydrogen-bond donors (Lipinski definition) is 3. The molecule has 0 unspecified atom stereocenters. The number of nitrogens with two attached hydrogens (primary N) is 1. The van der Waals surface area contributed by atoms with Crippen molar-refractivity contribution < 1.29 is 35.9 Å². The maximum Gasteiger partial charge on any atom is 0.419 e. The molecule has 1 aliphatic rings. The van der Waals surface area contributed by atoms with Crippen LogP contribution in [0, 0.1) is 23.4 Å². The second-order valence-electron chi connectivity index (χ2n) is 8.33. The number of anilines is 3. The van der Waals surface area contributed by atoms with Gasteiger partial charge < -0.3 is 16.4 Å². The van der Waals surface area contributed by atoms with Crippen LogP contribution in [0.5, 0.6) is 0 Å². The molecule has 0 aromatic heterocycles. The van der Waals surface area contributed by atoms with E-state index >= 15 is 0 Å². The maximum absolute atomic E-state index is 14.2. The predicted octanol–water partition coefficient (Wildman–Crippen LogP) is 7.14. The molecule has 0 bridgehead atoms. The van der Waals surface area contributed by atoms with Crippen LogP contribution < -0.4 is 16.4 Å². The molecule has 4 N–H and O–H groups in total. The van der Waals surface area contributed by atoms with Crippen LogP contribution in [0.4, 0.5) is 43.4 Å². The molecular formula is C24H14Cl3F6N3O2. The summed E-state index contributed by atoms with van der Waals surface area (Å²) < 4.78 is 78.8. The van der Waals surface area contributed by atoms with E-state index in [9.17, 15) is 35.9 Å². The number of amides is 2. The fourth-order valence-corrected chi connectivity index (χ4v) is 4.91. The first-order valence-corrected chi connectivity index (χ1v) is 11.7. The normalized spacial score (nSPS) is 18.1. The van der Waals surface area contributed by atoms with E-state index in [1.807, 2.05) is 0 Å². The van der Waals surface area contributed by atoms with Gasteiger partial charge in [-0.15, -0.1) is 23.2 Å².